The summed E-state index contributed by atoms with van der Waals surface area (Å²) in [4.78, 5) is 27.7. The lowest BCUT2D eigenvalue weighted by atomic mass is 9.77. The Bertz CT molecular complexity index is 761. The maximum absolute atomic E-state index is 13.1. The third-order valence-corrected chi connectivity index (χ3v) is 5.70. The largest absolute Gasteiger partial charge is 0.460 e. The number of carbonyl (C=O) groups is 2. The number of likely N-dealkylation sites (tertiary alicyclic amines) is 1. The zero-order valence-corrected chi connectivity index (χ0v) is 16.4. The van der Waals surface area contributed by atoms with Crippen LogP contribution >= 0.6 is 0 Å². The number of amides is 1. The molecule has 2 fully saturated rings. The van der Waals surface area contributed by atoms with Crippen molar-refractivity contribution in [2.45, 2.75) is 44.7 Å². The highest BCUT2D eigenvalue weighted by molar-refractivity contribution is 5.91. The summed E-state index contributed by atoms with van der Waals surface area (Å²) in [6.45, 7) is 5.91. The number of nitrogens with zero attached hydrogens (tertiary/aromatic N) is 1. The number of rotatable bonds is 8. The summed E-state index contributed by atoms with van der Waals surface area (Å²) in [6.07, 6.45) is 4.44. The van der Waals surface area contributed by atoms with Crippen LogP contribution in [-0.2, 0) is 30.4 Å². The number of hydrogen-bond donors (Lipinski definition) is 0. The van der Waals surface area contributed by atoms with Crippen molar-refractivity contribution in [2.24, 2.45) is 11.8 Å². The lowest BCUT2D eigenvalue weighted by Crippen LogP contribution is -2.40. The molecule has 1 amide bonds. The van der Waals surface area contributed by atoms with Crippen LogP contribution < -0.4 is 0 Å². The maximum atomic E-state index is 13.1. The fourth-order valence-electron chi connectivity index (χ4n) is 4.44. The van der Waals surface area contributed by atoms with E-state index < -0.39 is 17.4 Å². The van der Waals surface area contributed by atoms with Crippen LogP contribution in [0.4, 0.5) is 0 Å². The quantitative estimate of drug-likeness (QED) is 0.390. The average molecular weight is 385 g/mol. The zero-order valence-electron chi connectivity index (χ0n) is 16.4. The highest BCUT2D eigenvalue weighted by Gasteiger charge is 2.67. The summed E-state index contributed by atoms with van der Waals surface area (Å²) in [6, 6.07) is 9.55. The predicted molar refractivity (Wildman–Crippen MR) is 102 cm³/mol. The van der Waals surface area contributed by atoms with E-state index in [1.54, 1.807) is 4.90 Å². The van der Waals surface area contributed by atoms with E-state index in [4.69, 9.17) is 14.2 Å². The number of carbonyl (C=O) groups excluding carboxylic acids is 2. The molecule has 1 spiro atoms. The van der Waals surface area contributed by atoms with Gasteiger partial charge >= 0.3 is 5.97 Å². The van der Waals surface area contributed by atoms with Crippen LogP contribution in [-0.4, -0.2) is 54.3 Å². The monoisotopic (exact) mass is 385 g/mol. The molecule has 28 heavy (non-hydrogen) atoms. The van der Waals surface area contributed by atoms with Gasteiger partial charge in [0, 0.05) is 13.2 Å². The highest BCUT2D eigenvalue weighted by Crippen LogP contribution is 2.52. The molecule has 6 heteroatoms. The minimum absolute atomic E-state index is 0.0157. The molecule has 1 aromatic carbocycles. The molecule has 3 heterocycles. The van der Waals surface area contributed by atoms with Crippen LogP contribution in [0.2, 0.25) is 0 Å². The molecule has 3 aliphatic rings. The fraction of sp³-hybridized carbons (Fsp3) is 0.545. The van der Waals surface area contributed by atoms with Gasteiger partial charge in [0.1, 0.15) is 18.1 Å². The van der Waals surface area contributed by atoms with Crippen LogP contribution in [0.25, 0.3) is 0 Å². The van der Waals surface area contributed by atoms with E-state index in [0.717, 1.165) is 12.0 Å². The number of esters is 1. The molecule has 0 unspecified atom stereocenters. The summed E-state index contributed by atoms with van der Waals surface area (Å²) >= 11 is 0. The first-order valence-corrected chi connectivity index (χ1v) is 9.98. The van der Waals surface area contributed by atoms with Crippen molar-refractivity contribution >= 4 is 11.9 Å². The van der Waals surface area contributed by atoms with Crippen molar-refractivity contribution < 1.29 is 23.8 Å². The second kappa shape index (κ2) is 7.68. The smallest absolute Gasteiger partial charge is 0.313 e. The van der Waals surface area contributed by atoms with Gasteiger partial charge in [-0.2, -0.15) is 0 Å². The Labute approximate surface area is 165 Å². The minimum Gasteiger partial charge on any atom is -0.460 e. The van der Waals surface area contributed by atoms with Crippen LogP contribution in [0.1, 0.15) is 25.8 Å². The molecule has 0 saturated carbocycles. The van der Waals surface area contributed by atoms with E-state index in [1.807, 2.05) is 56.3 Å². The minimum atomic E-state index is -0.683. The molecule has 4 atom stereocenters. The molecule has 0 N–H and O–H groups in total. The lowest BCUT2D eigenvalue weighted by Gasteiger charge is -2.22. The van der Waals surface area contributed by atoms with Gasteiger partial charge in [0.05, 0.1) is 24.7 Å². The van der Waals surface area contributed by atoms with E-state index in [-0.39, 0.29) is 30.7 Å². The lowest BCUT2D eigenvalue weighted by molar-refractivity contribution is -0.155. The molecule has 3 aliphatic heterocycles. The Morgan fingerprint density at radius 1 is 1.32 bits per heavy atom. The normalized spacial score (nSPS) is 30.3. The van der Waals surface area contributed by atoms with E-state index in [0.29, 0.717) is 19.7 Å². The van der Waals surface area contributed by atoms with Crippen LogP contribution in [0, 0.1) is 11.8 Å². The van der Waals surface area contributed by atoms with Gasteiger partial charge in [-0.15, -0.1) is 0 Å². The molecule has 4 rings (SSSR count). The van der Waals surface area contributed by atoms with Crippen molar-refractivity contribution in [1.29, 1.82) is 0 Å². The van der Waals surface area contributed by atoms with Crippen LogP contribution in [0.3, 0.4) is 0 Å². The van der Waals surface area contributed by atoms with Gasteiger partial charge in [-0.3, -0.25) is 9.59 Å². The van der Waals surface area contributed by atoms with E-state index in [1.165, 1.54) is 0 Å². The number of benzene rings is 1. The summed E-state index contributed by atoms with van der Waals surface area (Å²) in [5.74, 6) is -1.43. The Balaban J connectivity index is 1.39. The van der Waals surface area contributed by atoms with Crippen molar-refractivity contribution in [1.82, 2.24) is 4.90 Å². The summed E-state index contributed by atoms with van der Waals surface area (Å²) in [5.41, 5.74) is 0.242. The molecule has 150 valence electrons. The van der Waals surface area contributed by atoms with Gasteiger partial charge in [0.15, 0.2) is 0 Å². The molecule has 0 aliphatic carbocycles. The molecule has 6 nitrogen and oxygen atoms in total. The molecule has 2 bridgehead atoms. The van der Waals surface area contributed by atoms with Gasteiger partial charge in [0.25, 0.3) is 0 Å². The molecular formula is C22H27NO5. The van der Waals surface area contributed by atoms with Crippen LogP contribution in [0.15, 0.2) is 42.5 Å². The standard InChI is InChI=1S/C22H27NO5/c1-15(2)26-12-6-11-23-14-22-10-9-17(28-22)18(19(22)20(23)24)21(25)27-13-16-7-4-3-5-8-16/h3-5,7-10,15,17-19H,6,11-14H2,1-2H3/t17-,18-,19+,22-/m1/s1. The third kappa shape index (κ3) is 3.47. The highest BCUT2D eigenvalue weighted by atomic mass is 16.6. The summed E-state index contributed by atoms with van der Waals surface area (Å²) < 4.78 is 17.2. The van der Waals surface area contributed by atoms with Gasteiger partial charge < -0.3 is 19.1 Å². The molecular weight excluding hydrogens is 358 g/mol. The van der Waals surface area contributed by atoms with Gasteiger partial charge in [-0.1, -0.05) is 42.5 Å². The van der Waals surface area contributed by atoms with E-state index >= 15 is 0 Å². The second-order valence-electron chi connectivity index (χ2n) is 8.03. The molecule has 0 radical (unpaired) electrons. The second-order valence-corrected chi connectivity index (χ2v) is 8.03. The number of fused-ring (bicyclic) bond motifs is 1. The van der Waals surface area contributed by atoms with Gasteiger partial charge in [0.2, 0.25) is 5.91 Å². The van der Waals surface area contributed by atoms with Crippen molar-refractivity contribution in [3.63, 3.8) is 0 Å². The number of hydrogen-bond acceptors (Lipinski definition) is 5. The first-order chi connectivity index (χ1) is 13.5. The average Bonchev–Trinajstić information content (AvgIpc) is 3.32. The molecule has 1 aromatic rings. The topological polar surface area (TPSA) is 65.1 Å². The summed E-state index contributed by atoms with van der Waals surface area (Å²) in [5, 5.41) is 0. The predicted octanol–water partition coefficient (Wildman–Crippen LogP) is 2.33. The van der Waals surface area contributed by atoms with E-state index in [2.05, 4.69) is 0 Å². The Morgan fingerprint density at radius 3 is 2.86 bits per heavy atom. The maximum Gasteiger partial charge on any atom is 0.313 e. The Kier molecular flexibility index (Phi) is 5.25. The Hall–Kier alpha value is -2.18. The first kappa shape index (κ1) is 19.2. The Morgan fingerprint density at radius 2 is 2.11 bits per heavy atom. The zero-order chi connectivity index (χ0) is 19.7. The third-order valence-electron chi connectivity index (χ3n) is 5.70. The van der Waals surface area contributed by atoms with Crippen molar-refractivity contribution in [3.8, 4) is 0 Å². The van der Waals surface area contributed by atoms with Crippen molar-refractivity contribution in [2.75, 3.05) is 19.7 Å². The van der Waals surface area contributed by atoms with Gasteiger partial charge in [-0.05, 0) is 25.8 Å². The summed E-state index contributed by atoms with van der Waals surface area (Å²) in [7, 11) is 0. The van der Waals surface area contributed by atoms with Crippen molar-refractivity contribution in [3.05, 3.63) is 48.0 Å². The van der Waals surface area contributed by atoms with Crippen LogP contribution in [0.5, 0.6) is 0 Å². The van der Waals surface area contributed by atoms with Gasteiger partial charge in [-0.25, -0.2) is 0 Å². The van der Waals surface area contributed by atoms with E-state index in [9.17, 15) is 9.59 Å². The first-order valence-electron chi connectivity index (χ1n) is 9.98. The fourth-order valence-corrected chi connectivity index (χ4v) is 4.44. The SMILES string of the molecule is CC(C)OCCCN1C[C@@]23C=C[C@@H](O2)[C@@H](C(=O)OCc2ccccc2)[C@H]3C1=O. The molecule has 2 saturated heterocycles. The number of ether oxygens (including phenoxy) is 3. The molecule has 0 aromatic heterocycles.